The van der Waals surface area contributed by atoms with E-state index in [0.29, 0.717) is 16.2 Å². The van der Waals surface area contributed by atoms with Gasteiger partial charge in [0, 0.05) is 5.56 Å². The number of rotatable bonds is 5. The number of nitrogens with zero attached hydrogens (tertiary/aromatic N) is 1. The maximum atomic E-state index is 12.9. The number of ether oxygens (including phenoxy) is 1. The Bertz CT molecular complexity index is 895. The predicted molar refractivity (Wildman–Crippen MR) is 105 cm³/mol. The Morgan fingerprint density at radius 1 is 1.19 bits per heavy atom. The molecular weight excluding hydrogens is 370 g/mol. The summed E-state index contributed by atoms with van der Waals surface area (Å²) < 4.78 is 5.51. The third kappa shape index (κ3) is 3.49. The lowest BCUT2D eigenvalue weighted by molar-refractivity contribution is -0.145. The Balaban J connectivity index is 1.98. The van der Waals surface area contributed by atoms with Gasteiger partial charge >= 0.3 is 5.97 Å². The first-order valence-corrected chi connectivity index (χ1v) is 8.93. The molecule has 0 bridgehead atoms. The highest BCUT2D eigenvalue weighted by molar-refractivity contribution is 8.26. The monoisotopic (exact) mass is 385 g/mol. The van der Waals surface area contributed by atoms with Crippen molar-refractivity contribution >= 4 is 46.3 Å². The van der Waals surface area contributed by atoms with Crippen LogP contribution in [0.1, 0.15) is 17.2 Å². The second kappa shape index (κ2) is 7.72. The van der Waals surface area contributed by atoms with E-state index in [1.54, 1.807) is 49.6 Å². The number of aliphatic carboxylic acids is 1. The number of methoxy groups -OCH3 is 1. The molecule has 1 N–H and O–H groups in total. The number of benzene rings is 2. The zero-order valence-corrected chi connectivity index (χ0v) is 15.4. The maximum Gasteiger partial charge on any atom is 0.331 e. The molecule has 26 heavy (non-hydrogen) atoms. The summed E-state index contributed by atoms with van der Waals surface area (Å²) in [6.45, 7) is 0. The average Bonchev–Trinajstić information content (AvgIpc) is 2.91. The van der Waals surface area contributed by atoms with Crippen molar-refractivity contribution in [3.05, 3.63) is 70.6 Å². The fourth-order valence-electron chi connectivity index (χ4n) is 2.67. The highest BCUT2D eigenvalue weighted by atomic mass is 32.2. The largest absolute Gasteiger partial charge is 0.496 e. The van der Waals surface area contributed by atoms with Gasteiger partial charge in [-0.05, 0) is 17.7 Å². The molecule has 7 heteroatoms. The number of carboxylic acid groups (broad SMARTS) is 1. The van der Waals surface area contributed by atoms with E-state index in [4.69, 9.17) is 17.0 Å². The third-order valence-corrected chi connectivity index (χ3v) is 5.19. The van der Waals surface area contributed by atoms with Gasteiger partial charge in [-0.1, -0.05) is 72.5 Å². The topological polar surface area (TPSA) is 66.8 Å². The number of thiocarbonyl (C=S) groups is 1. The van der Waals surface area contributed by atoms with Crippen LogP contribution >= 0.6 is 24.0 Å². The van der Waals surface area contributed by atoms with Crippen molar-refractivity contribution in [3.63, 3.8) is 0 Å². The number of carboxylic acids is 1. The molecule has 0 spiro atoms. The Morgan fingerprint density at radius 3 is 2.50 bits per heavy atom. The van der Waals surface area contributed by atoms with Gasteiger partial charge in [0.25, 0.3) is 5.91 Å². The molecule has 0 radical (unpaired) electrons. The van der Waals surface area contributed by atoms with Crippen LogP contribution in [0.15, 0.2) is 59.5 Å². The first-order valence-electron chi connectivity index (χ1n) is 7.70. The van der Waals surface area contributed by atoms with E-state index in [2.05, 4.69) is 0 Å². The Labute approximate surface area is 160 Å². The van der Waals surface area contributed by atoms with Crippen molar-refractivity contribution in [1.82, 2.24) is 4.90 Å². The molecule has 0 saturated carbocycles. The van der Waals surface area contributed by atoms with Crippen molar-refractivity contribution < 1.29 is 19.4 Å². The van der Waals surface area contributed by atoms with Crippen LogP contribution in [-0.4, -0.2) is 33.3 Å². The van der Waals surface area contributed by atoms with Gasteiger partial charge in [-0.25, -0.2) is 4.79 Å². The lowest BCUT2D eigenvalue weighted by atomic mass is 10.1. The molecule has 2 aromatic carbocycles. The first kappa shape index (κ1) is 18.2. The molecule has 0 unspecified atom stereocenters. The lowest BCUT2D eigenvalue weighted by Crippen LogP contribution is -2.37. The van der Waals surface area contributed by atoms with Gasteiger partial charge < -0.3 is 9.84 Å². The molecule has 2 aromatic rings. The zero-order chi connectivity index (χ0) is 18.7. The van der Waals surface area contributed by atoms with Crippen molar-refractivity contribution in [3.8, 4) is 5.75 Å². The van der Waals surface area contributed by atoms with Crippen molar-refractivity contribution in [1.29, 1.82) is 0 Å². The van der Waals surface area contributed by atoms with Crippen LogP contribution in [0, 0.1) is 0 Å². The number of amides is 1. The number of hydrogen-bond donors (Lipinski definition) is 1. The van der Waals surface area contributed by atoms with E-state index in [0.717, 1.165) is 22.2 Å². The maximum absolute atomic E-state index is 12.9. The lowest BCUT2D eigenvalue weighted by Gasteiger charge is -2.23. The summed E-state index contributed by atoms with van der Waals surface area (Å²) in [5, 5.41) is 9.68. The van der Waals surface area contributed by atoms with Gasteiger partial charge in [0.1, 0.15) is 10.1 Å². The smallest absolute Gasteiger partial charge is 0.331 e. The minimum absolute atomic E-state index is 0.215. The molecule has 1 fully saturated rings. The third-order valence-electron chi connectivity index (χ3n) is 3.86. The molecule has 1 amide bonds. The summed E-state index contributed by atoms with van der Waals surface area (Å²) in [7, 11) is 1.55. The molecule has 0 aromatic heterocycles. The van der Waals surface area contributed by atoms with Gasteiger partial charge in [-0.15, -0.1) is 0 Å². The van der Waals surface area contributed by atoms with E-state index in [9.17, 15) is 14.7 Å². The average molecular weight is 385 g/mol. The van der Waals surface area contributed by atoms with Crippen molar-refractivity contribution in [2.75, 3.05) is 7.11 Å². The number of carbonyl (C=O) groups is 2. The summed E-state index contributed by atoms with van der Waals surface area (Å²) in [5.74, 6) is -0.941. The number of thioether (sulfide) groups is 1. The Kier molecular flexibility index (Phi) is 5.39. The molecule has 3 rings (SSSR count). The normalized spacial score (nSPS) is 16.8. The second-order valence-corrected chi connectivity index (χ2v) is 7.12. The van der Waals surface area contributed by atoms with Gasteiger partial charge in [0.05, 0.1) is 12.0 Å². The van der Waals surface area contributed by atoms with E-state index >= 15 is 0 Å². The second-order valence-electron chi connectivity index (χ2n) is 5.45. The number of hydrogen-bond acceptors (Lipinski definition) is 5. The van der Waals surface area contributed by atoms with E-state index in [1.165, 1.54) is 0 Å². The minimum atomic E-state index is -1.16. The van der Waals surface area contributed by atoms with Crippen LogP contribution in [0.4, 0.5) is 0 Å². The van der Waals surface area contributed by atoms with Crippen LogP contribution in [-0.2, 0) is 9.59 Å². The van der Waals surface area contributed by atoms with Crippen molar-refractivity contribution in [2.24, 2.45) is 0 Å². The van der Waals surface area contributed by atoms with Crippen LogP contribution in [0.2, 0.25) is 0 Å². The number of carbonyl (C=O) groups excluding carboxylic acids is 1. The summed E-state index contributed by atoms with van der Waals surface area (Å²) in [6, 6.07) is 14.7. The molecule has 0 aliphatic carbocycles. The zero-order valence-electron chi connectivity index (χ0n) is 13.8. The van der Waals surface area contributed by atoms with E-state index in [-0.39, 0.29) is 4.32 Å². The summed E-state index contributed by atoms with van der Waals surface area (Å²) in [4.78, 5) is 26.2. The quantitative estimate of drug-likeness (QED) is 0.625. The predicted octanol–water partition coefficient (Wildman–Crippen LogP) is 3.72. The summed E-state index contributed by atoms with van der Waals surface area (Å²) in [5.41, 5.74) is 1.22. The van der Waals surface area contributed by atoms with Gasteiger partial charge in [-0.3, -0.25) is 9.69 Å². The van der Waals surface area contributed by atoms with Gasteiger partial charge in [0.2, 0.25) is 0 Å². The standard InChI is InChI=1S/C19H15NO4S2/c1-24-14-10-6-5-9-13(14)11-15-17(21)20(19(25)26-15)16(18(22)23)12-7-3-2-4-8-12/h2-11,16H,1H3,(H,22,23)/b15-11-/t16-/m0/s1. The van der Waals surface area contributed by atoms with Gasteiger partial charge in [0.15, 0.2) is 6.04 Å². The first-order chi connectivity index (χ1) is 12.5. The molecular formula is C19H15NO4S2. The van der Waals surface area contributed by atoms with Crippen LogP contribution in [0.25, 0.3) is 6.08 Å². The fraction of sp³-hybridized carbons (Fsp3) is 0.105. The minimum Gasteiger partial charge on any atom is -0.496 e. The molecule has 1 aliphatic rings. The number of para-hydroxylation sites is 1. The van der Waals surface area contributed by atoms with Crippen LogP contribution < -0.4 is 4.74 Å². The Morgan fingerprint density at radius 2 is 1.85 bits per heavy atom. The van der Waals surface area contributed by atoms with E-state index < -0.39 is 17.9 Å². The van der Waals surface area contributed by atoms with E-state index in [1.807, 2.05) is 18.2 Å². The highest BCUT2D eigenvalue weighted by Crippen LogP contribution is 2.39. The van der Waals surface area contributed by atoms with Crippen LogP contribution in [0.3, 0.4) is 0 Å². The van der Waals surface area contributed by atoms with Crippen LogP contribution in [0.5, 0.6) is 5.75 Å². The highest BCUT2D eigenvalue weighted by Gasteiger charge is 2.41. The Hall–Kier alpha value is -2.64. The molecule has 5 nitrogen and oxygen atoms in total. The molecule has 1 aliphatic heterocycles. The summed E-state index contributed by atoms with van der Waals surface area (Å²) >= 11 is 6.39. The SMILES string of the molecule is COc1ccccc1/C=C1\SC(=S)N([C@H](C(=O)O)c2ccccc2)C1=O. The van der Waals surface area contributed by atoms with Gasteiger partial charge in [-0.2, -0.15) is 0 Å². The molecule has 132 valence electrons. The molecule has 1 heterocycles. The van der Waals surface area contributed by atoms with Crippen molar-refractivity contribution in [2.45, 2.75) is 6.04 Å². The molecule has 1 atom stereocenters. The fourth-order valence-corrected chi connectivity index (χ4v) is 3.97. The summed E-state index contributed by atoms with van der Waals surface area (Å²) in [6.07, 6.45) is 1.67. The molecule has 1 saturated heterocycles.